The zero-order valence-corrected chi connectivity index (χ0v) is 33.8. The Hall–Kier alpha value is -5.11. The van der Waals surface area contributed by atoms with E-state index in [2.05, 4.69) is 184 Å². The first kappa shape index (κ1) is 35.3. The Bertz CT molecular complexity index is 2710. The number of fused-ring (bicyclic) bond motifs is 8. The molecule has 0 unspecified atom stereocenters. The molecule has 10 aromatic rings. The summed E-state index contributed by atoms with van der Waals surface area (Å²) in [6, 6.07) is 63.2. The maximum Gasteiger partial charge on any atom is 4.00 e. The first-order valence-corrected chi connectivity index (χ1v) is 17.3. The van der Waals surface area contributed by atoms with E-state index in [1.807, 2.05) is 0 Å². The van der Waals surface area contributed by atoms with E-state index < -0.39 is 0 Å². The van der Waals surface area contributed by atoms with E-state index in [-0.39, 0.29) is 46.1 Å². The van der Waals surface area contributed by atoms with Crippen LogP contribution in [0, 0.1) is 14.9 Å². The molecule has 0 saturated heterocycles. The fraction of sp³-hybridized carbons (Fsp3) is 0.0588. The summed E-state index contributed by atoms with van der Waals surface area (Å²) in [5, 5.41) is 15.5. The molecule has 0 atom stereocenters. The van der Waals surface area contributed by atoms with Crippen LogP contribution in [0.2, 0.25) is 0 Å². The molecule has 1 heteroatoms. The van der Waals surface area contributed by atoms with E-state index in [0.717, 1.165) is 0 Å². The quantitative estimate of drug-likeness (QED) is 0.0942. The van der Waals surface area contributed by atoms with Crippen molar-refractivity contribution < 1.29 is 25.8 Å². The number of rotatable bonds is 4. The predicted molar refractivity (Wildman–Crippen MR) is 225 cm³/mol. The molecule has 0 aliphatic carbocycles. The van der Waals surface area contributed by atoms with Crippen LogP contribution in [-0.2, 0) is 31.3 Å². The molecule has 0 aliphatic rings. The third-order valence-corrected chi connectivity index (χ3v) is 11.0. The van der Waals surface area contributed by atoms with Gasteiger partial charge >= 0.3 is 25.8 Å². The van der Waals surface area contributed by atoms with Gasteiger partial charge in [0.15, 0.2) is 0 Å². The monoisotopic (exact) mass is 832 g/mol. The predicted octanol–water partition coefficient (Wildman–Crippen LogP) is 14.6. The summed E-state index contributed by atoms with van der Waals surface area (Å²) in [5.74, 6) is 0. The minimum atomic E-state index is -0.351. The number of benzene rings is 8. The zero-order chi connectivity index (χ0) is 32.7. The second-order valence-electron chi connectivity index (χ2n) is 14.0. The van der Waals surface area contributed by atoms with Crippen molar-refractivity contribution in [3.8, 4) is 22.3 Å². The van der Waals surface area contributed by atoms with Gasteiger partial charge in [-0.25, -0.2) is 0 Å². The molecular weight excluding hydrogens is 791 g/mol. The molecule has 10 aromatic carbocycles. The SMILES string of the molecule is CC(C)(c1c(-c2cccc3ccc4ccccc4c23)[cH-]c2ccccc12)c1c(-c2cccc3ccc4ccccc4c23)[cH-]c2ccccc12.[CH3-].[CH3-].[Hf+4]. The maximum absolute atomic E-state index is 2.45. The van der Waals surface area contributed by atoms with Crippen molar-refractivity contribution in [1.29, 1.82) is 0 Å². The summed E-state index contributed by atoms with van der Waals surface area (Å²) in [6.45, 7) is 4.91. The van der Waals surface area contributed by atoms with Gasteiger partial charge in [-0.05, 0) is 43.1 Å². The summed E-state index contributed by atoms with van der Waals surface area (Å²) in [7, 11) is 0. The Morgan fingerprint density at radius 1 is 0.365 bits per heavy atom. The van der Waals surface area contributed by atoms with Crippen LogP contribution in [0.3, 0.4) is 0 Å². The summed E-state index contributed by atoms with van der Waals surface area (Å²) in [6.07, 6.45) is 0. The van der Waals surface area contributed by atoms with E-state index in [9.17, 15) is 0 Å². The van der Waals surface area contributed by atoms with Crippen molar-refractivity contribution in [2.24, 2.45) is 0 Å². The molecule has 10 rings (SSSR count). The van der Waals surface area contributed by atoms with Crippen molar-refractivity contribution in [3.05, 3.63) is 196 Å². The van der Waals surface area contributed by atoms with Crippen LogP contribution in [0.25, 0.3) is 86.9 Å². The van der Waals surface area contributed by atoms with Gasteiger partial charge in [-0.2, -0.15) is 0 Å². The van der Waals surface area contributed by atoms with Crippen LogP contribution < -0.4 is 0 Å². The Morgan fingerprint density at radius 2 is 0.712 bits per heavy atom. The molecule has 0 N–H and O–H groups in total. The van der Waals surface area contributed by atoms with E-state index in [4.69, 9.17) is 0 Å². The molecule has 0 amide bonds. The summed E-state index contributed by atoms with van der Waals surface area (Å²) in [5.41, 5.74) is 7.62. The fourth-order valence-corrected chi connectivity index (χ4v) is 8.91. The Labute approximate surface area is 325 Å². The Balaban J connectivity index is 0.00000140. The van der Waals surface area contributed by atoms with Gasteiger partial charge in [0, 0.05) is 0 Å². The number of hydrogen-bond donors (Lipinski definition) is 0. The topological polar surface area (TPSA) is 0 Å². The van der Waals surface area contributed by atoms with Gasteiger partial charge in [-0.3, -0.25) is 0 Å². The van der Waals surface area contributed by atoms with Crippen LogP contribution in [0.1, 0.15) is 25.0 Å². The van der Waals surface area contributed by atoms with Crippen molar-refractivity contribution in [1.82, 2.24) is 0 Å². The average molecular weight is 831 g/mol. The average Bonchev–Trinajstić information content (AvgIpc) is 3.74. The molecule has 0 saturated carbocycles. The molecule has 0 radical (unpaired) electrons. The Kier molecular flexibility index (Phi) is 9.14. The first-order chi connectivity index (χ1) is 24.1. The van der Waals surface area contributed by atoms with Crippen molar-refractivity contribution in [2.75, 3.05) is 0 Å². The van der Waals surface area contributed by atoms with E-state index in [0.29, 0.717) is 0 Å². The minimum absolute atomic E-state index is 0. The van der Waals surface area contributed by atoms with Gasteiger partial charge in [0.1, 0.15) is 0 Å². The maximum atomic E-state index is 2.45. The van der Waals surface area contributed by atoms with Gasteiger partial charge < -0.3 is 14.9 Å². The van der Waals surface area contributed by atoms with Crippen LogP contribution in [0.15, 0.2) is 170 Å². The molecule has 0 aliphatic heterocycles. The Morgan fingerprint density at radius 3 is 1.15 bits per heavy atom. The summed E-state index contributed by atoms with van der Waals surface area (Å²) < 4.78 is 0. The number of hydrogen-bond acceptors (Lipinski definition) is 0. The molecule has 0 fully saturated rings. The first-order valence-electron chi connectivity index (χ1n) is 17.3. The molecule has 0 nitrogen and oxygen atoms in total. The summed E-state index contributed by atoms with van der Waals surface area (Å²) in [4.78, 5) is 0. The van der Waals surface area contributed by atoms with E-state index in [1.54, 1.807) is 0 Å². The normalized spacial score (nSPS) is 11.6. The second kappa shape index (κ2) is 13.5. The molecular formula is C51H40Hf. The summed E-state index contributed by atoms with van der Waals surface area (Å²) >= 11 is 0. The van der Waals surface area contributed by atoms with Crippen molar-refractivity contribution >= 4 is 64.6 Å². The van der Waals surface area contributed by atoms with Gasteiger partial charge in [0.2, 0.25) is 0 Å². The van der Waals surface area contributed by atoms with Gasteiger partial charge in [-0.1, -0.05) is 176 Å². The smallest absolute Gasteiger partial charge is 0.358 e. The van der Waals surface area contributed by atoms with Crippen molar-refractivity contribution in [2.45, 2.75) is 19.3 Å². The van der Waals surface area contributed by atoms with E-state index >= 15 is 0 Å². The van der Waals surface area contributed by atoms with Crippen LogP contribution in [0.5, 0.6) is 0 Å². The van der Waals surface area contributed by atoms with Crippen LogP contribution >= 0.6 is 0 Å². The minimum Gasteiger partial charge on any atom is -0.358 e. The van der Waals surface area contributed by atoms with Crippen LogP contribution in [0.4, 0.5) is 0 Å². The third-order valence-electron chi connectivity index (χ3n) is 11.0. The molecule has 0 heterocycles. The van der Waals surface area contributed by atoms with Crippen molar-refractivity contribution in [3.63, 3.8) is 0 Å². The van der Waals surface area contributed by atoms with Gasteiger partial charge in [-0.15, -0.1) is 68.1 Å². The van der Waals surface area contributed by atoms with Gasteiger partial charge in [0.05, 0.1) is 0 Å². The standard InChI is InChI=1S/C49H34.2CH3.Hf/c1-49(2,47-39-21-9-5-15-35(39)29-43(47)41-23-11-17-33-27-25-31-13-3-7-19-37(31)45(33)41)48-40-22-10-6-16-36(40)30-44(48)42-24-12-18-34-28-26-32-14-4-8-20-38(32)46(34)42;;;/h3-30H,1-2H3;2*1H3;/q-2;2*-1;+4. The molecule has 52 heavy (non-hydrogen) atoms. The van der Waals surface area contributed by atoms with Crippen LogP contribution in [-0.4, -0.2) is 0 Å². The molecule has 248 valence electrons. The third kappa shape index (κ3) is 5.21. The van der Waals surface area contributed by atoms with E-state index in [1.165, 1.54) is 98.0 Å². The fourth-order valence-electron chi connectivity index (χ4n) is 8.91. The second-order valence-corrected chi connectivity index (χ2v) is 14.0. The molecule has 0 aromatic heterocycles. The zero-order valence-electron chi connectivity index (χ0n) is 30.2. The van der Waals surface area contributed by atoms with Gasteiger partial charge in [0.25, 0.3) is 0 Å². The molecule has 0 spiro atoms. The largest absolute Gasteiger partial charge is 4.00 e. The molecule has 0 bridgehead atoms.